The van der Waals surface area contributed by atoms with Gasteiger partial charge in [-0.05, 0) is 48.5 Å². The van der Waals surface area contributed by atoms with Gasteiger partial charge in [0, 0.05) is 24.8 Å². The van der Waals surface area contributed by atoms with E-state index in [-0.39, 0.29) is 43.4 Å². The van der Waals surface area contributed by atoms with E-state index in [1.807, 2.05) is 0 Å². The van der Waals surface area contributed by atoms with Crippen LogP contribution in [0.15, 0.2) is 64.3 Å². The first kappa shape index (κ1) is 22.7. The molecule has 3 aromatic rings. The summed E-state index contributed by atoms with van der Waals surface area (Å²) in [5.41, 5.74) is -0.439. The molecule has 1 fully saturated rings. The van der Waals surface area contributed by atoms with Gasteiger partial charge in [0.2, 0.25) is 10.0 Å². The number of ether oxygens (including phenoxy) is 1. The average molecular weight is 476 g/mol. The fraction of sp³-hybridized carbons (Fsp3) is 0.190. The minimum atomic E-state index is -4.13. The number of aromatic nitrogens is 2. The summed E-state index contributed by atoms with van der Waals surface area (Å²) < 4.78 is 60.3. The topological polar surface area (TPSA) is 111 Å². The molecule has 2 aromatic carbocycles. The molecule has 1 saturated heterocycles. The number of carbonyl (C=O) groups is 1. The van der Waals surface area contributed by atoms with E-state index >= 15 is 0 Å². The van der Waals surface area contributed by atoms with Crippen LogP contribution < -0.4 is 10.9 Å². The Hall–Kier alpha value is -3.48. The molecule has 33 heavy (non-hydrogen) atoms. The molecule has 0 saturated carbocycles. The number of nitrogens with one attached hydrogen (secondary N) is 1. The molecule has 0 aliphatic carbocycles. The van der Waals surface area contributed by atoms with Crippen molar-refractivity contribution in [3.63, 3.8) is 0 Å². The van der Waals surface area contributed by atoms with Crippen molar-refractivity contribution in [2.24, 2.45) is 0 Å². The first-order valence-electron chi connectivity index (χ1n) is 9.81. The molecule has 1 aromatic heterocycles. The van der Waals surface area contributed by atoms with Crippen LogP contribution in [-0.4, -0.2) is 54.7 Å². The smallest absolute Gasteiger partial charge is 0.276 e. The third kappa shape index (κ3) is 4.82. The molecule has 0 radical (unpaired) electrons. The van der Waals surface area contributed by atoms with Gasteiger partial charge in [-0.15, -0.1) is 0 Å². The minimum Gasteiger partial charge on any atom is -0.379 e. The number of halogens is 2. The predicted molar refractivity (Wildman–Crippen MR) is 114 cm³/mol. The number of hydrogen-bond acceptors (Lipinski definition) is 6. The van der Waals surface area contributed by atoms with Crippen LogP contribution in [0.25, 0.3) is 5.69 Å². The van der Waals surface area contributed by atoms with Crippen molar-refractivity contribution >= 4 is 21.6 Å². The van der Waals surface area contributed by atoms with Gasteiger partial charge in [0.15, 0.2) is 0 Å². The van der Waals surface area contributed by atoms with Gasteiger partial charge in [0.25, 0.3) is 11.5 Å². The monoisotopic (exact) mass is 476 g/mol. The van der Waals surface area contributed by atoms with Crippen LogP contribution in [0, 0.1) is 11.6 Å². The number of sulfonamides is 1. The average Bonchev–Trinajstić information content (AvgIpc) is 2.81. The number of morpholine rings is 1. The Morgan fingerprint density at radius 2 is 1.70 bits per heavy atom. The molecular formula is C21H18F2N4O5S. The molecule has 0 spiro atoms. The van der Waals surface area contributed by atoms with Crippen LogP contribution in [0.3, 0.4) is 0 Å². The molecule has 1 aliphatic rings. The van der Waals surface area contributed by atoms with Crippen molar-refractivity contribution in [2.45, 2.75) is 4.90 Å². The van der Waals surface area contributed by atoms with Crippen LogP contribution in [0.1, 0.15) is 10.5 Å². The lowest BCUT2D eigenvalue weighted by Gasteiger charge is -2.26. The number of rotatable bonds is 5. The summed E-state index contributed by atoms with van der Waals surface area (Å²) in [5, 5.41) is 6.44. The van der Waals surface area contributed by atoms with E-state index in [0.717, 1.165) is 39.3 Å². The SMILES string of the molecule is O=C(Nc1ccc(F)c(S(=O)(=O)N2CCOCC2)c1)c1ccc(=O)n(-c2ccc(F)cc2)n1. The Bertz CT molecular complexity index is 1350. The van der Waals surface area contributed by atoms with Crippen molar-refractivity contribution in [2.75, 3.05) is 31.6 Å². The Kier molecular flexibility index (Phi) is 6.31. The molecule has 9 nitrogen and oxygen atoms in total. The summed E-state index contributed by atoms with van der Waals surface area (Å²) in [5.74, 6) is -2.21. The lowest BCUT2D eigenvalue weighted by molar-refractivity contribution is 0.0729. The molecule has 1 N–H and O–H groups in total. The highest BCUT2D eigenvalue weighted by molar-refractivity contribution is 7.89. The summed E-state index contributed by atoms with van der Waals surface area (Å²) in [6, 6.07) is 10.4. The van der Waals surface area contributed by atoms with Crippen molar-refractivity contribution in [3.05, 3.63) is 82.3 Å². The second-order valence-electron chi connectivity index (χ2n) is 7.06. The van der Waals surface area contributed by atoms with Crippen LogP contribution >= 0.6 is 0 Å². The highest BCUT2D eigenvalue weighted by Gasteiger charge is 2.29. The zero-order chi connectivity index (χ0) is 23.6. The molecular weight excluding hydrogens is 458 g/mol. The number of benzene rings is 2. The Morgan fingerprint density at radius 1 is 1.00 bits per heavy atom. The van der Waals surface area contributed by atoms with E-state index in [9.17, 15) is 26.8 Å². The number of hydrogen-bond donors (Lipinski definition) is 1. The number of carbonyl (C=O) groups excluding carboxylic acids is 1. The maximum absolute atomic E-state index is 14.4. The van der Waals surface area contributed by atoms with Gasteiger partial charge < -0.3 is 10.1 Å². The van der Waals surface area contributed by atoms with Crippen LogP contribution in [0.5, 0.6) is 0 Å². The maximum atomic E-state index is 14.4. The second kappa shape index (κ2) is 9.17. The third-order valence-corrected chi connectivity index (χ3v) is 6.79. The van der Waals surface area contributed by atoms with Crippen molar-refractivity contribution < 1.29 is 26.7 Å². The number of nitrogens with zero attached hydrogens (tertiary/aromatic N) is 3. The quantitative estimate of drug-likeness (QED) is 0.601. The van der Waals surface area contributed by atoms with Gasteiger partial charge in [-0.2, -0.15) is 14.1 Å². The Morgan fingerprint density at radius 3 is 2.39 bits per heavy atom. The van der Waals surface area contributed by atoms with E-state index in [0.29, 0.717) is 0 Å². The first-order chi connectivity index (χ1) is 15.8. The van der Waals surface area contributed by atoms with Gasteiger partial charge in [0.05, 0.1) is 18.9 Å². The summed E-state index contributed by atoms with van der Waals surface area (Å²) in [7, 11) is -4.13. The third-order valence-electron chi connectivity index (χ3n) is 4.88. The highest BCUT2D eigenvalue weighted by Crippen LogP contribution is 2.24. The molecule has 1 amide bonds. The van der Waals surface area contributed by atoms with Gasteiger partial charge in [0.1, 0.15) is 22.2 Å². The Balaban J connectivity index is 1.60. The molecule has 0 atom stereocenters. The largest absolute Gasteiger partial charge is 0.379 e. The summed E-state index contributed by atoms with van der Waals surface area (Å²) in [4.78, 5) is 24.2. The van der Waals surface area contributed by atoms with Crippen LogP contribution in [-0.2, 0) is 14.8 Å². The predicted octanol–water partition coefficient (Wildman–Crippen LogP) is 1.78. The molecule has 4 rings (SSSR count). The highest BCUT2D eigenvalue weighted by atomic mass is 32.2. The zero-order valence-corrected chi connectivity index (χ0v) is 17.9. The number of anilines is 1. The normalized spacial score (nSPS) is 14.7. The summed E-state index contributed by atoms with van der Waals surface area (Å²) in [6.45, 7) is 0.583. The van der Waals surface area contributed by atoms with E-state index in [1.165, 1.54) is 24.3 Å². The minimum absolute atomic E-state index is 0.0227. The van der Waals surface area contributed by atoms with Gasteiger partial charge >= 0.3 is 0 Å². The van der Waals surface area contributed by atoms with E-state index in [2.05, 4.69) is 10.4 Å². The summed E-state index contributed by atoms with van der Waals surface area (Å²) in [6.07, 6.45) is 0. The van der Waals surface area contributed by atoms with E-state index < -0.39 is 38.0 Å². The van der Waals surface area contributed by atoms with Crippen molar-refractivity contribution in [1.82, 2.24) is 14.1 Å². The standard InChI is InChI=1S/C21H18F2N4O5S/c22-14-1-4-16(5-2-14)27-20(28)8-7-18(25-27)21(29)24-15-3-6-17(23)19(13-15)33(30,31)26-9-11-32-12-10-26/h1-8,13H,9-12H2,(H,24,29). The molecule has 2 heterocycles. The fourth-order valence-corrected chi connectivity index (χ4v) is 4.70. The molecule has 172 valence electrons. The molecule has 1 aliphatic heterocycles. The Labute approximate surface area is 187 Å². The maximum Gasteiger partial charge on any atom is 0.276 e. The summed E-state index contributed by atoms with van der Waals surface area (Å²) >= 11 is 0. The molecule has 12 heteroatoms. The fourth-order valence-electron chi connectivity index (χ4n) is 3.20. The first-order valence-corrected chi connectivity index (χ1v) is 11.2. The van der Waals surface area contributed by atoms with Gasteiger partial charge in [-0.3, -0.25) is 9.59 Å². The van der Waals surface area contributed by atoms with Crippen molar-refractivity contribution in [3.8, 4) is 5.69 Å². The zero-order valence-electron chi connectivity index (χ0n) is 17.1. The van der Waals surface area contributed by atoms with E-state index in [1.54, 1.807) is 0 Å². The molecule has 0 bridgehead atoms. The molecule has 0 unspecified atom stereocenters. The van der Waals surface area contributed by atoms with Crippen LogP contribution in [0.2, 0.25) is 0 Å². The van der Waals surface area contributed by atoms with Gasteiger partial charge in [-0.1, -0.05) is 0 Å². The van der Waals surface area contributed by atoms with Gasteiger partial charge in [-0.25, -0.2) is 17.2 Å². The lowest BCUT2D eigenvalue weighted by Crippen LogP contribution is -2.40. The van der Waals surface area contributed by atoms with Crippen LogP contribution in [0.4, 0.5) is 14.5 Å². The van der Waals surface area contributed by atoms with Crippen molar-refractivity contribution in [1.29, 1.82) is 0 Å². The van der Waals surface area contributed by atoms with E-state index in [4.69, 9.17) is 4.74 Å². The second-order valence-corrected chi connectivity index (χ2v) is 8.97. The number of amides is 1. The lowest BCUT2D eigenvalue weighted by atomic mass is 10.3.